The lowest BCUT2D eigenvalue weighted by atomic mass is 9.99. The van der Waals surface area contributed by atoms with Crippen LogP contribution in [0.25, 0.3) is 10.8 Å². The van der Waals surface area contributed by atoms with Gasteiger partial charge in [-0.05, 0) is 58.6 Å². The average Bonchev–Trinajstić information content (AvgIpc) is 3.19. The molecular weight excluding hydrogens is 342 g/mol. The molecule has 0 spiro atoms. The van der Waals surface area contributed by atoms with Crippen LogP contribution in [0.4, 0.5) is 0 Å². The first kappa shape index (κ1) is 18.4. The van der Waals surface area contributed by atoms with Crippen LogP contribution in [0.5, 0.6) is 0 Å². The van der Waals surface area contributed by atoms with Crippen LogP contribution in [-0.2, 0) is 12.1 Å². The van der Waals surface area contributed by atoms with Crippen molar-refractivity contribution in [3.63, 3.8) is 0 Å². The van der Waals surface area contributed by atoms with Crippen molar-refractivity contribution in [2.45, 2.75) is 26.0 Å². The van der Waals surface area contributed by atoms with Crippen LogP contribution < -0.4 is 10.6 Å². The molecule has 0 aliphatic carbocycles. The van der Waals surface area contributed by atoms with Gasteiger partial charge in [0.25, 0.3) is 0 Å². The van der Waals surface area contributed by atoms with Crippen LogP contribution in [0, 0.1) is 0 Å². The first-order valence-electron chi connectivity index (χ1n) is 8.83. The zero-order valence-corrected chi connectivity index (χ0v) is 16.0. The maximum absolute atomic E-state index is 10.7. The molecule has 0 fully saturated rings. The lowest BCUT2D eigenvalue weighted by Gasteiger charge is -2.24. The van der Waals surface area contributed by atoms with Crippen LogP contribution >= 0.6 is 11.3 Å². The number of thiophene rings is 1. The molecule has 4 nitrogen and oxygen atoms in total. The van der Waals surface area contributed by atoms with E-state index in [1.54, 1.807) is 11.3 Å². The van der Waals surface area contributed by atoms with Gasteiger partial charge in [0, 0.05) is 6.54 Å². The molecule has 1 atom stereocenters. The number of aliphatic hydroxyl groups is 1. The second kappa shape index (κ2) is 8.34. The fraction of sp³-hybridized carbons (Fsp3) is 0.286. The van der Waals surface area contributed by atoms with Crippen LogP contribution in [0.2, 0.25) is 0 Å². The van der Waals surface area contributed by atoms with E-state index >= 15 is 0 Å². The number of hydrogen-bond donors (Lipinski definition) is 3. The number of nitrogens with one attached hydrogen (secondary N) is 2. The summed E-state index contributed by atoms with van der Waals surface area (Å²) in [6, 6.07) is 16.7. The molecule has 3 aromatic rings. The third kappa shape index (κ3) is 4.62. The monoisotopic (exact) mass is 367 g/mol. The maximum atomic E-state index is 10.7. The zero-order chi connectivity index (χ0) is 18.4. The molecule has 1 unspecified atom stereocenters. The highest BCUT2D eigenvalue weighted by molar-refractivity contribution is 7.08. The van der Waals surface area contributed by atoms with Gasteiger partial charge >= 0.3 is 0 Å². The summed E-state index contributed by atoms with van der Waals surface area (Å²) in [6.45, 7) is 5.59. The molecule has 1 heterocycles. The molecule has 0 aliphatic rings. The van der Waals surface area contributed by atoms with Crippen LogP contribution in [0.3, 0.4) is 0 Å². The quantitative estimate of drug-likeness (QED) is 0.458. The number of fused-ring (bicyclic) bond motifs is 1. The van der Waals surface area contributed by atoms with Crippen molar-refractivity contribution in [3.05, 3.63) is 70.4 Å². The summed E-state index contributed by atoms with van der Waals surface area (Å²) in [6.07, 6.45) is 0. The molecule has 3 N–H and O–H groups in total. The fourth-order valence-electron chi connectivity index (χ4n) is 2.78. The molecule has 0 aliphatic heterocycles. The van der Waals surface area contributed by atoms with E-state index in [2.05, 4.69) is 46.0 Å². The topological polar surface area (TPSA) is 56.7 Å². The van der Waals surface area contributed by atoms with Crippen molar-refractivity contribution in [2.75, 3.05) is 13.1 Å². The largest absolute Gasteiger partial charge is 0.384 e. The Balaban J connectivity index is 1.68. The van der Waals surface area contributed by atoms with Gasteiger partial charge in [0.05, 0.1) is 13.1 Å². The summed E-state index contributed by atoms with van der Waals surface area (Å²) >= 11 is 1.59. The van der Waals surface area contributed by atoms with Crippen molar-refractivity contribution in [2.24, 2.45) is 4.99 Å². The van der Waals surface area contributed by atoms with Crippen LogP contribution in [-0.4, -0.2) is 24.2 Å². The summed E-state index contributed by atoms with van der Waals surface area (Å²) in [4.78, 5) is 4.66. The zero-order valence-electron chi connectivity index (χ0n) is 15.2. The third-order valence-electron chi connectivity index (χ3n) is 4.32. The minimum absolute atomic E-state index is 0.396. The molecule has 0 amide bonds. The van der Waals surface area contributed by atoms with Gasteiger partial charge in [-0.25, -0.2) is 4.99 Å². The minimum atomic E-state index is -0.931. The smallest absolute Gasteiger partial charge is 0.191 e. The van der Waals surface area contributed by atoms with Gasteiger partial charge in [0.1, 0.15) is 5.60 Å². The molecule has 26 heavy (non-hydrogen) atoms. The highest BCUT2D eigenvalue weighted by atomic mass is 32.1. The van der Waals surface area contributed by atoms with Gasteiger partial charge in [0.15, 0.2) is 5.96 Å². The van der Waals surface area contributed by atoms with Crippen LogP contribution in [0.15, 0.2) is 64.3 Å². The summed E-state index contributed by atoms with van der Waals surface area (Å²) in [5.41, 5.74) is 1.14. The number of hydrogen-bond acceptors (Lipinski definition) is 3. The Morgan fingerprint density at radius 2 is 1.92 bits per heavy atom. The first-order valence-corrected chi connectivity index (χ1v) is 9.78. The predicted molar refractivity (Wildman–Crippen MR) is 111 cm³/mol. The van der Waals surface area contributed by atoms with E-state index in [0.29, 0.717) is 19.0 Å². The molecule has 2 aromatic carbocycles. The predicted octanol–water partition coefficient (Wildman–Crippen LogP) is 3.86. The van der Waals surface area contributed by atoms with E-state index in [9.17, 15) is 5.11 Å². The van der Waals surface area contributed by atoms with E-state index in [0.717, 1.165) is 17.7 Å². The molecule has 136 valence electrons. The Morgan fingerprint density at radius 1 is 1.12 bits per heavy atom. The van der Waals surface area contributed by atoms with E-state index in [-0.39, 0.29) is 0 Å². The Labute approximate surface area is 158 Å². The molecular formula is C21H25N3OS. The summed E-state index contributed by atoms with van der Waals surface area (Å²) < 4.78 is 0. The Morgan fingerprint density at radius 3 is 2.65 bits per heavy atom. The second-order valence-corrected chi connectivity index (χ2v) is 7.30. The van der Waals surface area contributed by atoms with Gasteiger partial charge in [0.2, 0.25) is 0 Å². The van der Waals surface area contributed by atoms with Crippen molar-refractivity contribution >= 4 is 28.1 Å². The molecule has 1 aromatic heterocycles. The highest BCUT2D eigenvalue weighted by Crippen LogP contribution is 2.22. The third-order valence-corrected chi connectivity index (χ3v) is 5.00. The van der Waals surface area contributed by atoms with Crippen molar-refractivity contribution in [1.82, 2.24) is 10.6 Å². The molecule has 0 radical (unpaired) electrons. The highest BCUT2D eigenvalue weighted by Gasteiger charge is 2.23. The Bertz CT molecular complexity index is 872. The number of benzene rings is 2. The fourth-order valence-corrected chi connectivity index (χ4v) is 3.56. The average molecular weight is 368 g/mol. The Hall–Kier alpha value is -2.37. The summed E-state index contributed by atoms with van der Waals surface area (Å²) in [5.74, 6) is 0.705. The lowest BCUT2D eigenvalue weighted by Crippen LogP contribution is -2.44. The number of nitrogens with zero attached hydrogens (tertiary/aromatic N) is 1. The number of aliphatic imine (C=N–C) groups is 1. The molecule has 0 saturated heterocycles. The van der Waals surface area contributed by atoms with Crippen molar-refractivity contribution < 1.29 is 5.11 Å². The van der Waals surface area contributed by atoms with Gasteiger partial charge < -0.3 is 15.7 Å². The van der Waals surface area contributed by atoms with E-state index in [1.165, 1.54) is 10.8 Å². The SMILES string of the molecule is CCNC(=NCc1ccc2ccccc2c1)NCC(C)(O)c1ccsc1. The van der Waals surface area contributed by atoms with Crippen molar-refractivity contribution in [1.29, 1.82) is 0 Å². The number of rotatable bonds is 6. The molecule has 0 bridgehead atoms. The maximum Gasteiger partial charge on any atom is 0.191 e. The molecule has 3 rings (SSSR count). The summed E-state index contributed by atoms with van der Waals surface area (Å²) in [5, 5.41) is 23.5. The number of guanidine groups is 1. The Kier molecular flexibility index (Phi) is 5.91. The van der Waals surface area contributed by atoms with Crippen molar-refractivity contribution in [3.8, 4) is 0 Å². The second-order valence-electron chi connectivity index (χ2n) is 6.52. The first-order chi connectivity index (χ1) is 12.6. The summed E-state index contributed by atoms with van der Waals surface area (Å²) in [7, 11) is 0. The van der Waals surface area contributed by atoms with E-state index < -0.39 is 5.60 Å². The van der Waals surface area contributed by atoms with Crippen LogP contribution in [0.1, 0.15) is 25.0 Å². The molecule has 0 saturated carbocycles. The normalized spacial score (nSPS) is 14.2. The van der Waals surface area contributed by atoms with E-state index in [1.807, 2.05) is 42.8 Å². The van der Waals surface area contributed by atoms with Gasteiger partial charge in [-0.3, -0.25) is 0 Å². The molecule has 5 heteroatoms. The lowest BCUT2D eigenvalue weighted by molar-refractivity contribution is 0.0621. The standard InChI is InChI=1S/C21H25N3OS/c1-3-22-20(24-15-21(2,25)19-10-11-26-14-19)23-13-16-8-9-17-6-4-5-7-18(17)12-16/h4-12,14,25H,3,13,15H2,1-2H3,(H2,22,23,24). The van der Waals surface area contributed by atoms with E-state index in [4.69, 9.17) is 0 Å². The van der Waals surface area contributed by atoms with Gasteiger partial charge in [-0.1, -0.05) is 36.4 Å². The van der Waals surface area contributed by atoms with Gasteiger partial charge in [-0.2, -0.15) is 11.3 Å². The van der Waals surface area contributed by atoms with Gasteiger partial charge in [-0.15, -0.1) is 0 Å². The minimum Gasteiger partial charge on any atom is -0.384 e.